The summed E-state index contributed by atoms with van der Waals surface area (Å²) < 4.78 is 32.2. The zero-order valence-electron chi connectivity index (χ0n) is 11.8. The number of nitrogens with zero attached hydrogens (tertiary/aromatic N) is 2. The van der Waals surface area contributed by atoms with Gasteiger partial charge in [-0.2, -0.15) is 0 Å². The predicted molar refractivity (Wildman–Crippen MR) is 75.9 cm³/mol. The maximum atomic E-state index is 13.6. The molecule has 0 aromatic carbocycles. The third-order valence-electron chi connectivity index (χ3n) is 4.13. The highest BCUT2D eigenvalue weighted by atomic mass is 32.1. The van der Waals surface area contributed by atoms with Crippen molar-refractivity contribution in [1.29, 1.82) is 0 Å². The van der Waals surface area contributed by atoms with Crippen LogP contribution in [0.25, 0.3) is 0 Å². The molecule has 0 N–H and O–H groups in total. The monoisotopic (exact) mass is 316 g/mol. The number of carbonyl (C=O) groups excluding carboxylic acids is 1. The minimum atomic E-state index is -2.65. The van der Waals surface area contributed by atoms with E-state index in [2.05, 4.69) is 0 Å². The molecule has 2 aliphatic rings. The first-order valence-electron chi connectivity index (χ1n) is 6.95. The number of likely N-dealkylation sites (tertiary alicyclic amines) is 2. The fraction of sp³-hybridized carbons (Fsp3) is 0.643. The molecule has 2 aliphatic heterocycles. The lowest BCUT2D eigenvalue weighted by Crippen LogP contribution is -2.62. The van der Waals surface area contributed by atoms with Gasteiger partial charge in [-0.05, 0) is 11.4 Å². The number of alkyl halides is 2. The first-order valence-corrected chi connectivity index (χ1v) is 7.83. The number of carbonyl (C=O) groups is 1. The number of ether oxygens (including phenoxy) is 1. The fourth-order valence-electron chi connectivity index (χ4n) is 3.08. The van der Waals surface area contributed by atoms with Crippen LogP contribution in [0, 0.1) is 0 Å². The van der Waals surface area contributed by atoms with Gasteiger partial charge >= 0.3 is 0 Å². The van der Waals surface area contributed by atoms with Crippen LogP contribution in [-0.2, 0) is 4.74 Å². The van der Waals surface area contributed by atoms with Crippen molar-refractivity contribution in [3.8, 4) is 0 Å². The maximum Gasteiger partial charge on any atom is 0.264 e. The van der Waals surface area contributed by atoms with Crippen LogP contribution >= 0.6 is 11.3 Å². The third kappa shape index (κ3) is 2.95. The second-order valence-corrected chi connectivity index (χ2v) is 6.63. The molecule has 2 fully saturated rings. The first-order chi connectivity index (χ1) is 10.00. The molecule has 1 aromatic heterocycles. The average Bonchev–Trinajstić information content (AvgIpc) is 2.96. The molecule has 4 nitrogen and oxygen atoms in total. The summed E-state index contributed by atoms with van der Waals surface area (Å²) in [6, 6.07) is 3.39. The second-order valence-electron chi connectivity index (χ2n) is 5.68. The molecule has 1 amide bonds. The highest BCUT2D eigenvalue weighted by Crippen LogP contribution is 2.35. The van der Waals surface area contributed by atoms with Crippen molar-refractivity contribution in [3.05, 3.63) is 22.4 Å². The van der Waals surface area contributed by atoms with E-state index in [-0.39, 0.29) is 31.0 Å². The lowest BCUT2D eigenvalue weighted by molar-refractivity contribution is -0.0135. The lowest BCUT2D eigenvalue weighted by atomic mass is 10.1. The minimum absolute atomic E-state index is 0.00417. The van der Waals surface area contributed by atoms with E-state index in [0.29, 0.717) is 24.6 Å². The Morgan fingerprint density at radius 2 is 2.29 bits per heavy atom. The van der Waals surface area contributed by atoms with Gasteiger partial charge in [0.05, 0.1) is 18.0 Å². The molecular formula is C14H18F2N2O2S. The van der Waals surface area contributed by atoms with Crippen molar-refractivity contribution < 1.29 is 18.3 Å². The molecule has 21 heavy (non-hydrogen) atoms. The molecule has 116 valence electrons. The van der Waals surface area contributed by atoms with Crippen LogP contribution in [0.1, 0.15) is 16.1 Å². The van der Waals surface area contributed by atoms with Gasteiger partial charge in [-0.3, -0.25) is 9.69 Å². The smallest absolute Gasteiger partial charge is 0.264 e. The lowest BCUT2D eigenvalue weighted by Gasteiger charge is -2.45. The Morgan fingerprint density at radius 3 is 2.90 bits per heavy atom. The number of methoxy groups -OCH3 is 1. The van der Waals surface area contributed by atoms with Crippen LogP contribution < -0.4 is 0 Å². The van der Waals surface area contributed by atoms with Crippen LogP contribution in [0.3, 0.4) is 0 Å². The van der Waals surface area contributed by atoms with Crippen LogP contribution in [0.5, 0.6) is 0 Å². The molecule has 0 bridgehead atoms. The van der Waals surface area contributed by atoms with Crippen molar-refractivity contribution in [2.24, 2.45) is 0 Å². The maximum absolute atomic E-state index is 13.6. The standard InChI is InChI=1S/C14H18F2N2O2S/c1-20-8-10-5-14(15,16)9-18(10)11-6-17(7-11)13(19)12-3-2-4-21-12/h2-4,10-11H,5-9H2,1H3. The van der Waals surface area contributed by atoms with Gasteiger partial charge < -0.3 is 9.64 Å². The van der Waals surface area contributed by atoms with Gasteiger partial charge in [-0.1, -0.05) is 6.07 Å². The van der Waals surface area contributed by atoms with E-state index < -0.39 is 5.92 Å². The Labute approximate surface area is 126 Å². The topological polar surface area (TPSA) is 32.8 Å². The van der Waals surface area contributed by atoms with E-state index in [1.807, 2.05) is 16.3 Å². The normalized spacial score (nSPS) is 26.0. The molecule has 0 spiro atoms. The van der Waals surface area contributed by atoms with Crippen LogP contribution in [-0.4, -0.2) is 67.1 Å². The van der Waals surface area contributed by atoms with E-state index in [1.54, 1.807) is 11.0 Å². The van der Waals surface area contributed by atoms with Crippen LogP contribution in [0.4, 0.5) is 8.78 Å². The number of thiophene rings is 1. The zero-order valence-corrected chi connectivity index (χ0v) is 12.6. The molecule has 0 radical (unpaired) electrons. The Kier molecular flexibility index (Phi) is 3.98. The predicted octanol–water partition coefficient (Wildman–Crippen LogP) is 1.93. The number of hydrogen-bond acceptors (Lipinski definition) is 4. The van der Waals surface area contributed by atoms with E-state index in [0.717, 1.165) is 0 Å². The van der Waals surface area contributed by atoms with Crippen molar-refractivity contribution in [3.63, 3.8) is 0 Å². The minimum Gasteiger partial charge on any atom is -0.383 e. The summed E-state index contributed by atoms with van der Waals surface area (Å²) >= 11 is 1.41. The quantitative estimate of drug-likeness (QED) is 0.851. The Morgan fingerprint density at radius 1 is 1.52 bits per heavy atom. The van der Waals surface area contributed by atoms with Gasteiger partial charge in [-0.15, -0.1) is 11.3 Å². The van der Waals surface area contributed by atoms with Gasteiger partial charge in [0.15, 0.2) is 0 Å². The molecule has 3 heterocycles. The van der Waals surface area contributed by atoms with Crippen LogP contribution in [0.15, 0.2) is 17.5 Å². The van der Waals surface area contributed by atoms with Gasteiger partial charge in [-0.25, -0.2) is 8.78 Å². The number of amides is 1. The SMILES string of the molecule is COCC1CC(F)(F)CN1C1CN(C(=O)c2cccs2)C1. The summed E-state index contributed by atoms with van der Waals surface area (Å²) in [6.45, 7) is 1.12. The molecule has 1 atom stereocenters. The molecule has 0 aliphatic carbocycles. The van der Waals surface area contributed by atoms with Crippen LogP contribution in [0.2, 0.25) is 0 Å². The summed E-state index contributed by atoms with van der Waals surface area (Å²) in [7, 11) is 1.53. The average molecular weight is 316 g/mol. The number of hydrogen-bond donors (Lipinski definition) is 0. The molecule has 0 saturated carbocycles. The Balaban J connectivity index is 1.59. The second kappa shape index (κ2) is 5.62. The Bertz CT molecular complexity index is 503. The number of rotatable bonds is 4. The summed E-state index contributed by atoms with van der Waals surface area (Å²) in [5.41, 5.74) is 0. The van der Waals surface area contributed by atoms with Crippen molar-refractivity contribution >= 4 is 17.2 Å². The molecule has 1 unspecified atom stereocenters. The highest BCUT2D eigenvalue weighted by Gasteiger charge is 2.50. The van der Waals surface area contributed by atoms with E-state index in [4.69, 9.17) is 4.74 Å². The van der Waals surface area contributed by atoms with E-state index in [9.17, 15) is 13.6 Å². The molecule has 7 heteroatoms. The van der Waals surface area contributed by atoms with Gasteiger partial charge in [0.1, 0.15) is 0 Å². The van der Waals surface area contributed by atoms with Crippen molar-refractivity contribution in [2.75, 3.05) is 33.4 Å². The fourth-order valence-corrected chi connectivity index (χ4v) is 3.77. The summed E-state index contributed by atoms with van der Waals surface area (Å²) in [6.07, 6.45) is -0.157. The van der Waals surface area contributed by atoms with Crippen molar-refractivity contribution in [1.82, 2.24) is 9.80 Å². The summed E-state index contributed by atoms with van der Waals surface area (Å²) in [5, 5.41) is 1.86. The van der Waals surface area contributed by atoms with Gasteiger partial charge in [0.2, 0.25) is 0 Å². The Hall–Kier alpha value is -1.05. The van der Waals surface area contributed by atoms with E-state index >= 15 is 0 Å². The number of halogens is 2. The van der Waals surface area contributed by atoms with Gasteiger partial charge in [0, 0.05) is 38.7 Å². The van der Waals surface area contributed by atoms with Gasteiger partial charge in [0.25, 0.3) is 11.8 Å². The van der Waals surface area contributed by atoms with E-state index in [1.165, 1.54) is 18.4 Å². The summed E-state index contributed by atoms with van der Waals surface area (Å²) in [5.74, 6) is -2.66. The molecule has 2 saturated heterocycles. The largest absolute Gasteiger partial charge is 0.383 e. The highest BCUT2D eigenvalue weighted by molar-refractivity contribution is 7.12. The molecule has 1 aromatic rings. The van der Waals surface area contributed by atoms with Crippen molar-refractivity contribution in [2.45, 2.75) is 24.4 Å². The first kappa shape index (κ1) is 14.9. The summed E-state index contributed by atoms with van der Waals surface area (Å²) in [4.78, 5) is 16.4. The molecule has 3 rings (SSSR count). The molecular weight excluding hydrogens is 298 g/mol. The third-order valence-corrected chi connectivity index (χ3v) is 4.98. The zero-order chi connectivity index (χ0) is 15.0.